The molecule has 0 radical (unpaired) electrons. The van der Waals surface area contributed by atoms with Crippen LogP contribution in [-0.4, -0.2) is 71.9 Å². The van der Waals surface area contributed by atoms with Crippen LogP contribution < -0.4 is 4.57 Å². The number of hydrogen-bond donors (Lipinski definition) is 0. The van der Waals surface area contributed by atoms with Crippen molar-refractivity contribution < 1.29 is 33.2 Å². The third-order valence-corrected chi connectivity index (χ3v) is 4.35. The monoisotopic (exact) mass is 364 g/mol. The van der Waals surface area contributed by atoms with Gasteiger partial charge in [-0.25, -0.2) is 23.6 Å². The second-order valence-electron chi connectivity index (χ2n) is 5.85. The summed E-state index contributed by atoms with van der Waals surface area (Å²) >= 11 is 0. The largest absolute Gasteiger partial charge is 0.468 e. The van der Waals surface area contributed by atoms with E-state index in [4.69, 9.17) is 0 Å². The first-order valence-corrected chi connectivity index (χ1v) is 7.72. The van der Waals surface area contributed by atoms with Crippen LogP contribution in [0.3, 0.4) is 0 Å². The van der Waals surface area contributed by atoms with Crippen molar-refractivity contribution in [3.8, 4) is 0 Å². The predicted molar refractivity (Wildman–Crippen MR) is 84.4 cm³/mol. The molecule has 0 saturated carbocycles. The molecule has 1 aromatic heterocycles. The van der Waals surface area contributed by atoms with Crippen LogP contribution in [0.25, 0.3) is 0 Å². The number of carbonyl (C=O) groups excluding carboxylic acids is 4. The quantitative estimate of drug-likeness (QED) is 0.495. The van der Waals surface area contributed by atoms with Gasteiger partial charge in [-0.2, -0.15) is 0 Å². The second-order valence-corrected chi connectivity index (χ2v) is 5.85. The lowest BCUT2D eigenvalue weighted by Gasteiger charge is -2.32. The highest BCUT2D eigenvalue weighted by atomic mass is 16.5. The number of imidazole rings is 1. The van der Waals surface area contributed by atoms with Gasteiger partial charge in [0.05, 0.1) is 14.2 Å². The Hall–Kier alpha value is -3.24. The van der Waals surface area contributed by atoms with Crippen molar-refractivity contribution in [1.82, 2.24) is 14.4 Å². The molecule has 1 saturated heterocycles. The average Bonchev–Trinajstić information content (AvgIpc) is 3.12. The minimum Gasteiger partial charge on any atom is -0.468 e. The Balaban J connectivity index is 2.02. The van der Waals surface area contributed by atoms with Crippen molar-refractivity contribution in [1.29, 1.82) is 0 Å². The number of urea groups is 1. The molecule has 0 spiro atoms. The van der Waals surface area contributed by atoms with E-state index in [0.29, 0.717) is 11.6 Å². The summed E-state index contributed by atoms with van der Waals surface area (Å²) < 4.78 is 12.4. The standard InChI is InChI=1S/C15H18N5O6/c1-8-5-19-11-12(16-14(19)18(8)6-9(21)25-3)17(2)15(24)20(13(11)23)7-10(22)26-4/h5,11H,6-7H2,1-4H3/q+1. The number of aromatic nitrogens is 2. The van der Waals surface area contributed by atoms with Gasteiger partial charge in [-0.15, -0.1) is 0 Å². The van der Waals surface area contributed by atoms with E-state index in [9.17, 15) is 19.2 Å². The van der Waals surface area contributed by atoms with E-state index < -0.39 is 36.5 Å². The highest BCUT2D eigenvalue weighted by molar-refractivity contribution is 6.19. The number of amides is 3. The number of ether oxygens (including phenoxy) is 2. The average molecular weight is 364 g/mol. The van der Waals surface area contributed by atoms with Gasteiger partial charge in [0.25, 0.3) is 5.91 Å². The number of hydrogen-bond acceptors (Lipinski definition) is 7. The Morgan fingerprint density at radius 1 is 1.19 bits per heavy atom. The first-order chi connectivity index (χ1) is 12.3. The minimum atomic E-state index is -0.894. The molecule has 0 N–H and O–H groups in total. The van der Waals surface area contributed by atoms with Crippen LogP contribution in [0.5, 0.6) is 0 Å². The zero-order valence-corrected chi connectivity index (χ0v) is 14.8. The van der Waals surface area contributed by atoms with Gasteiger partial charge in [0, 0.05) is 7.05 Å². The molecule has 0 aromatic carbocycles. The van der Waals surface area contributed by atoms with E-state index in [1.807, 2.05) is 0 Å². The van der Waals surface area contributed by atoms with E-state index in [2.05, 4.69) is 14.5 Å². The predicted octanol–water partition coefficient (Wildman–Crippen LogP) is -1.09. The maximum Gasteiger partial charge on any atom is 0.402 e. The maximum absolute atomic E-state index is 12.8. The molecule has 3 amide bonds. The molecule has 1 fully saturated rings. The Labute approximate surface area is 148 Å². The molecule has 3 rings (SSSR count). The molecular weight excluding hydrogens is 346 g/mol. The van der Waals surface area contributed by atoms with Gasteiger partial charge in [0.2, 0.25) is 11.9 Å². The summed E-state index contributed by atoms with van der Waals surface area (Å²) in [4.78, 5) is 54.9. The third kappa shape index (κ3) is 2.52. The van der Waals surface area contributed by atoms with Crippen molar-refractivity contribution in [3.05, 3.63) is 11.9 Å². The van der Waals surface area contributed by atoms with E-state index in [-0.39, 0.29) is 12.4 Å². The molecule has 0 bridgehead atoms. The zero-order chi connectivity index (χ0) is 19.2. The summed E-state index contributed by atoms with van der Waals surface area (Å²) in [7, 11) is 3.92. The topological polar surface area (TPSA) is 114 Å². The molecule has 1 atom stereocenters. The fourth-order valence-electron chi connectivity index (χ4n) is 2.96. The summed E-state index contributed by atoms with van der Waals surface area (Å²) in [5, 5.41) is 0. The van der Waals surface area contributed by atoms with Gasteiger partial charge in [-0.1, -0.05) is 4.99 Å². The van der Waals surface area contributed by atoms with Gasteiger partial charge >= 0.3 is 23.9 Å². The lowest BCUT2D eigenvalue weighted by atomic mass is 10.1. The summed E-state index contributed by atoms with van der Waals surface area (Å²) in [6.07, 6.45) is 1.66. The first kappa shape index (κ1) is 17.6. The molecule has 2 aliphatic heterocycles. The number of fused-ring (bicyclic) bond motifs is 3. The molecule has 0 aliphatic carbocycles. The Bertz CT molecular complexity index is 857. The number of aryl methyl sites for hydroxylation is 1. The number of methoxy groups -OCH3 is 2. The fraction of sp³-hybridized carbons (Fsp3) is 0.467. The number of likely N-dealkylation sites (N-methyl/N-ethyl adjacent to an activating group) is 1. The Morgan fingerprint density at radius 3 is 2.42 bits per heavy atom. The number of rotatable bonds is 4. The number of esters is 2. The van der Waals surface area contributed by atoms with Gasteiger partial charge in [0.1, 0.15) is 18.4 Å². The summed E-state index contributed by atoms with van der Waals surface area (Å²) in [5.74, 6) is -1.18. The van der Waals surface area contributed by atoms with Crippen molar-refractivity contribution >= 4 is 35.7 Å². The number of amidine groups is 1. The summed E-state index contributed by atoms with van der Waals surface area (Å²) in [6.45, 7) is 1.20. The SMILES string of the molecule is COC(=O)CN1C(=O)C2C(=Nc3n(CC(=O)OC)c(C)c[n+]32)N(C)C1=O. The van der Waals surface area contributed by atoms with Crippen molar-refractivity contribution in [2.75, 3.05) is 27.8 Å². The van der Waals surface area contributed by atoms with Crippen LogP contribution in [0.1, 0.15) is 11.7 Å². The molecule has 3 heterocycles. The summed E-state index contributed by atoms with van der Waals surface area (Å²) in [6, 6.07) is -1.56. The lowest BCUT2D eigenvalue weighted by molar-refractivity contribution is -0.677. The fourth-order valence-corrected chi connectivity index (χ4v) is 2.96. The number of carbonyl (C=O) groups is 4. The highest BCUT2D eigenvalue weighted by Gasteiger charge is 2.53. The normalized spacial score (nSPS) is 18.5. The van der Waals surface area contributed by atoms with Crippen molar-refractivity contribution in [2.45, 2.75) is 19.5 Å². The third-order valence-electron chi connectivity index (χ3n) is 4.35. The van der Waals surface area contributed by atoms with Gasteiger partial charge < -0.3 is 9.47 Å². The molecule has 2 aliphatic rings. The Morgan fingerprint density at radius 2 is 1.81 bits per heavy atom. The minimum absolute atomic E-state index is 0.0775. The first-order valence-electron chi connectivity index (χ1n) is 7.72. The van der Waals surface area contributed by atoms with Gasteiger partial charge in [-0.3, -0.25) is 14.5 Å². The lowest BCUT2D eigenvalue weighted by Crippen LogP contribution is -2.63. The van der Waals surface area contributed by atoms with Crippen LogP contribution in [0.4, 0.5) is 10.7 Å². The van der Waals surface area contributed by atoms with Crippen molar-refractivity contribution in [3.63, 3.8) is 0 Å². The summed E-state index contributed by atoms with van der Waals surface area (Å²) in [5.41, 5.74) is 0.695. The number of nitrogens with zero attached hydrogens (tertiary/aromatic N) is 5. The number of imide groups is 1. The second kappa shape index (κ2) is 6.24. The van der Waals surface area contributed by atoms with Gasteiger partial charge in [0.15, 0.2) is 6.54 Å². The van der Waals surface area contributed by atoms with Crippen LogP contribution in [0.2, 0.25) is 0 Å². The number of aliphatic imine (C=N–C) groups is 1. The van der Waals surface area contributed by atoms with Crippen LogP contribution in [-0.2, 0) is 30.4 Å². The molecule has 138 valence electrons. The van der Waals surface area contributed by atoms with E-state index >= 15 is 0 Å². The molecule has 26 heavy (non-hydrogen) atoms. The molecule has 1 unspecified atom stereocenters. The Kier molecular flexibility index (Phi) is 4.22. The van der Waals surface area contributed by atoms with Crippen LogP contribution in [0, 0.1) is 6.92 Å². The molecule has 1 aromatic rings. The molecular formula is C15H18N5O6+. The smallest absolute Gasteiger partial charge is 0.402 e. The van der Waals surface area contributed by atoms with E-state index in [0.717, 1.165) is 4.90 Å². The van der Waals surface area contributed by atoms with E-state index in [1.54, 1.807) is 22.3 Å². The molecule has 11 heteroatoms. The van der Waals surface area contributed by atoms with E-state index in [1.165, 1.54) is 26.2 Å². The van der Waals surface area contributed by atoms with Crippen LogP contribution in [0.15, 0.2) is 11.2 Å². The van der Waals surface area contributed by atoms with Crippen LogP contribution >= 0.6 is 0 Å². The molecule has 11 nitrogen and oxygen atoms in total. The highest BCUT2D eigenvalue weighted by Crippen LogP contribution is 2.29. The maximum atomic E-state index is 12.8. The van der Waals surface area contributed by atoms with Gasteiger partial charge in [-0.05, 0) is 6.92 Å². The zero-order valence-electron chi connectivity index (χ0n) is 14.8. The van der Waals surface area contributed by atoms with Crippen molar-refractivity contribution in [2.24, 2.45) is 4.99 Å².